The van der Waals surface area contributed by atoms with E-state index in [-0.39, 0.29) is 5.91 Å². The van der Waals surface area contributed by atoms with E-state index in [0.717, 1.165) is 25.9 Å². The molecule has 1 fully saturated rings. The number of rotatable bonds is 2. The summed E-state index contributed by atoms with van der Waals surface area (Å²) < 4.78 is 2.06. The summed E-state index contributed by atoms with van der Waals surface area (Å²) >= 11 is 0. The van der Waals surface area contributed by atoms with Gasteiger partial charge < -0.3 is 9.47 Å². The van der Waals surface area contributed by atoms with Crippen LogP contribution in [0.25, 0.3) is 0 Å². The maximum atomic E-state index is 12.3. The van der Waals surface area contributed by atoms with Gasteiger partial charge in [0.2, 0.25) is 0 Å². The summed E-state index contributed by atoms with van der Waals surface area (Å²) in [6.07, 6.45) is 10.3. The molecule has 0 unspecified atom stereocenters. The molecule has 2 aromatic heterocycles. The molecule has 0 aromatic carbocycles. The molecule has 3 rings (SSSR count). The fraction of sp³-hybridized carbons (Fsp3) is 0.429. The lowest BCUT2D eigenvalue weighted by Crippen LogP contribution is -2.38. The summed E-state index contributed by atoms with van der Waals surface area (Å²) in [5.74, 6) is 0.454. The number of hydrogen-bond acceptors (Lipinski definition) is 4. The summed E-state index contributed by atoms with van der Waals surface area (Å²) in [6.45, 7) is 1.51. The molecule has 1 aliphatic heterocycles. The van der Waals surface area contributed by atoms with Crippen molar-refractivity contribution in [3.63, 3.8) is 0 Å². The first-order valence-corrected chi connectivity index (χ1v) is 6.77. The van der Waals surface area contributed by atoms with E-state index in [0.29, 0.717) is 11.6 Å². The van der Waals surface area contributed by atoms with Gasteiger partial charge in [0.1, 0.15) is 5.69 Å². The maximum Gasteiger partial charge on any atom is 0.274 e. The third kappa shape index (κ3) is 2.41. The lowest BCUT2D eigenvalue weighted by molar-refractivity contribution is 0.0705. The van der Waals surface area contributed by atoms with E-state index in [1.54, 1.807) is 12.4 Å². The minimum absolute atomic E-state index is 0.0263. The molecule has 6 nitrogen and oxygen atoms in total. The van der Waals surface area contributed by atoms with E-state index in [9.17, 15) is 4.79 Å². The Hall–Kier alpha value is -2.24. The van der Waals surface area contributed by atoms with Crippen LogP contribution in [0.3, 0.4) is 0 Å². The number of aromatic nitrogens is 4. The molecular weight excluding hydrogens is 254 g/mol. The van der Waals surface area contributed by atoms with Crippen LogP contribution in [0.4, 0.5) is 0 Å². The van der Waals surface area contributed by atoms with Crippen LogP contribution < -0.4 is 0 Å². The quantitative estimate of drug-likeness (QED) is 0.824. The standard InChI is InChI=1S/C14H17N5O/c1-18-10-16-9-13(18)11-2-6-19(7-3-11)14(20)12-8-15-4-5-17-12/h4-5,8-11H,2-3,6-7H2,1H3. The summed E-state index contributed by atoms with van der Waals surface area (Å²) in [5.41, 5.74) is 1.67. The SMILES string of the molecule is Cn1cncc1C1CCN(C(=O)c2cnccn2)CC1. The molecule has 1 saturated heterocycles. The largest absolute Gasteiger partial charge is 0.337 e. The van der Waals surface area contributed by atoms with Crippen molar-refractivity contribution in [2.75, 3.05) is 13.1 Å². The topological polar surface area (TPSA) is 63.9 Å². The van der Waals surface area contributed by atoms with Crippen molar-refractivity contribution >= 4 is 5.91 Å². The highest BCUT2D eigenvalue weighted by atomic mass is 16.2. The maximum absolute atomic E-state index is 12.3. The second kappa shape index (κ2) is 5.40. The Kier molecular flexibility index (Phi) is 3.45. The third-order valence-corrected chi connectivity index (χ3v) is 3.84. The van der Waals surface area contributed by atoms with Crippen LogP contribution in [0.2, 0.25) is 0 Å². The van der Waals surface area contributed by atoms with Crippen molar-refractivity contribution in [3.05, 3.63) is 42.5 Å². The van der Waals surface area contributed by atoms with Gasteiger partial charge in [-0.2, -0.15) is 0 Å². The van der Waals surface area contributed by atoms with Gasteiger partial charge >= 0.3 is 0 Å². The average Bonchev–Trinajstić information content (AvgIpc) is 2.94. The number of nitrogens with zero attached hydrogens (tertiary/aromatic N) is 5. The zero-order valence-corrected chi connectivity index (χ0v) is 11.4. The molecule has 1 amide bonds. The van der Waals surface area contributed by atoms with Crippen molar-refractivity contribution < 1.29 is 4.79 Å². The average molecular weight is 271 g/mol. The van der Waals surface area contributed by atoms with Gasteiger partial charge in [0.25, 0.3) is 5.91 Å². The van der Waals surface area contributed by atoms with Gasteiger partial charge in [-0.25, -0.2) is 9.97 Å². The van der Waals surface area contributed by atoms with Crippen LogP contribution in [-0.2, 0) is 7.05 Å². The molecule has 3 heterocycles. The van der Waals surface area contributed by atoms with Gasteiger partial charge in [-0.15, -0.1) is 0 Å². The van der Waals surface area contributed by atoms with E-state index < -0.39 is 0 Å². The fourth-order valence-electron chi connectivity index (χ4n) is 2.71. The molecule has 0 saturated carbocycles. The zero-order valence-electron chi connectivity index (χ0n) is 11.4. The second-order valence-corrected chi connectivity index (χ2v) is 5.09. The molecule has 0 aliphatic carbocycles. The number of carbonyl (C=O) groups is 1. The van der Waals surface area contributed by atoms with Crippen molar-refractivity contribution in [2.45, 2.75) is 18.8 Å². The smallest absolute Gasteiger partial charge is 0.274 e. The van der Waals surface area contributed by atoms with Crippen molar-refractivity contribution in [1.82, 2.24) is 24.4 Å². The second-order valence-electron chi connectivity index (χ2n) is 5.09. The molecule has 20 heavy (non-hydrogen) atoms. The molecule has 0 spiro atoms. The molecule has 0 N–H and O–H groups in total. The highest BCUT2D eigenvalue weighted by Crippen LogP contribution is 2.27. The summed E-state index contributed by atoms with van der Waals surface area (Å²) in [4.78, 5) is 26.3. The zero-order chi connectivity index (χ0) is 13.9. The van der Waals surface area contributed by atoms with Crippen LogP contribution in [0.1, 0.15) is 34.9 Å². The summed E-state index contributed by atoms with van der Waals surface area (Å²) in [7, 11) is 2.01. The van der Waals surface area contributed by atoms with Crippen LogP contribution in [0, 0.1) is 0 Å². The van der Waals surface area contributed by atoms with Crippen molar-refractivity contribution in [3.8, 4) is 0 Å². The number of likely N-dealkylation sites (tertiary alicyclic amines) is 1. The number of imidazole rings is 1. The van der Waals surface area contributed by atoms with Crippen LogP contribution in [0.5, 0.6) is 0 Å². The molecule has 0 bridgehead atoms. The molecule has 6 heteroatoms. The Balaban J connectivity index is 1.64. The summed E-state index contributed by atoms with van der Waals surface area (Å²) in [6, 6.07) is 0. The van der Waals surface area contributed by atoms with Crippen LogP contribution >= 0.6 is 0 Å². The normalized spacial score (nSPS) is 16.4. The molecule has 1 aliphatic rings. The summed E-state index contributed by atoms with van der Waals surface area (Å²) in [5, 5.41) is 0. The predicted molar refractivity (Wildman–Crippen MR) is 73.1 cm³/mol. The van der Waals surface area contributed by atoms with Crippen molar-refractivity contribution in [1.29, 1.82) is 0 Å². The molecular formula is C14H17N5O. The first-order chi connectivity index (χ1) is 9.75. The van der Waals surface area contributed by atoms with Gasteiger partial charge in [-0.05, 0) is 12.8 Å². The van der Waals surface area contributed by atoms with Gasteiger partial charge in [0.05, 0.1) is 12.5 Å². The van der Waals surface area contributed by atoms with Crippen molar-refractivity contribution in [2.24, 2.45) is 7.05 Å². The van der Waals surface area contributed by atoms with Gasteiger partial charge in [0.15, 0.2) is 0 Å². The number of aryl methyl sites for hydroxylation is 1. The first-order valence-electron chi connectivity index (χ1n) is 6.77. The molecule has 2 aromatic rings. The van der Waals surface area contributed by atoms with E-state index >= 15 is 0 Å². The Morgan fingerprint density at radius 3 is 2.60 bits per heavy atom. The van der Waals surface area contributed by atoms with Gasteiger partial charge in [-0.1, -0.05) is 0 Å². The Bertz CT molecular complexity index is 587. The highest BCUT2D eigenvalue weighted by molar-refractivity contribution is 5.92. The van der Waals surface area contributed by atoms with E-state index in [1.165, 1.54) is 11.9 Å². The van der Waals surface area contributed by atoms with Gasteiger partial charge in [-0.3, -0.25) is 9.78 Å². The minimum Gasteiger partial charge on any atom is -0.337 e. The van der Waals surface area contributed by atoms with E-state index in [4.69, 9.17) is 0 Å². The van der Waals surface area contributed by atoms with Gasteiger partial charge in [0, 0.05) is 50.3 Å². The first kappa shape index (κ1) is 12.8. The number of hydrogen-bond donors (Lipinski definition) is 0. The predicted octanol–water partition coefficient (Wildman–Crippen LogP) is 1.23. The van der Waals surface area contributed by atoms with E-state index in [2.05, 4.69) is 19.5 Å². The Morgan fingerprint density at radius 1 is 1.20 bits per heavy atom. The molecule has 0 radical (unpaired) electrons. The van der Waals surface area contributed by atoms with Crippen LogP contribution in [-0.4, -0.2) is 43.4 Å². The number of carbonyl (C=O) groups excluding carboxylic acids is 1. The molecule has 0 atom stereocenters. The lowest BCUT2D eigenvalue weighted by Gasteiger charge is -2.31. The lowest BCUT2D eigenvalue weighted by atomic mass is 9.93. The Labute approximate surface area is 117 Å². The number of amides is 1. The number of piperidine rings is 1. The van der Waals surface area contributed by atoms with Crippen LogP contribution in [0.15, 0.2) is 31.1 Å². The molecule has 104 valence electrons. The third-order valence-electron chi connectivity index (χ3n) is 3.84. The minimum atomic E-state index is -0.0263. The Morgan fingerprint density at radius 2 is 2.00 bits per heavy atom. The highest BCUT2D eigenvalue weighted by Gasteiger charge is 2.26. The fourth-order valence-corrected chi connectivity index (χ4v) is 2.71. The van der Waals surface area contributed by atoms with E-state index in [1.807, 2.05) is 24.5 Å². The monoisotopic (exact) mass is 271 g/mol.